The van der Waals surface area contributed by atoms with Crippen molar-refractivity contribution in [3.05, 3.63) is 45.9 Å². The lowest BCUT2D eigenvalue weighted by molar-refractivity contribution is 0.0169. The number of benzene rings is 1. The second-order valence-electron chi connectivity index (χ2n) is 5.61. The van der Waals surface area contributed by atoms with E-state index >= 15 is 0 Å². The van der Waals surface area contributed by atoms with Gasteiger partial charge in [0.15, 0.2) is 5.78 Å². The van der Waals surface area contributed by atoms with E-state index in [-0.39, 0.29) is 46.8 Å². The largest absolute Gasteiger partial charge is 0.394 e. The molecule has 0 spiro atoms. The first-order valence-electron chi connectivity index (χ1n) is 7.73. The molecule has 1 amide bonds. The summed E-state index contributed by atoms with van der Waals surface area (Å²) in [7, 11) is 1.53. The van der Waals surface area contributed by atoms with E-state index in [0.717, 1.165) is 5.56 Å². The summed E-state index contributed by atoms with van der Waals surface area (Å²) in [4.78, 5) is 29.1. The van der Waals surface area contributed by atoms with Crippen LogP contribution in [0.3, 0.4) is 0 Å². The second kappa shape index (κ2) is 8.31. The molecular weight excluding hydrogens is 365 g/mol. The summed E-state index contributed by atoms with van der Waals surface area (Å²) in [5.41, 5.74) is 3.00. The minimum absolute atomic E-state index is 0.0720. The SMILES string of the molecule is CC(=O)c1c(Cl)c(C(=O)NOCCO)c(Nc2ccc(C)cc2F)n1C. The second-order valence-corrected chi connectivity index (χ2v) is 5.99. The summed E-state index contributed by atoms with van der Waals surface area (Å²) in [6, 6.07) is 4.55. The van der Waals surface area contributed by atoms with Crippen LogP contribution in [0.5, 0.6) is 0 Å². The number of Topliss-reactive ketones (excluding diaryl/α,β-unsaturated/α-hetero) is 1. The highest BCUT2D eigenvalue weighted by atomic mass is 35.5. The van der Waals surface area contributed by atoms with Crippen molar-refractivity contribution in [1.29, 1.82) is 0 Å². The molecule has 0 aliphatic rings. The number of aromatic nitrogens is 1. The van der Waals surface area contributed by atoms with Crippen LogP contribution in [-0.4, -0.2) is 34.6 Å². The number of aliphatic hydroxyl groups excluding tert-OH is 1. The number of aryl methyl sites for hydroxylation is 1. The van der Waals surface area contributed by atoms with Crippen LogP contribution >= 0.6 is 11.6 Å². The van der Waals surface area contributed by atoms with E-state index in [1.54, 1.807) is 13.0 Å². The molecule has 3 N–H and O–H groups in total. The van der Waals surface area contributed by atoms with Crippen molar-refractivity contribution in [2.45, 2.75) is 13.8 Å². The minimum Gasteiger partial charge on any atom is -0.394 e. The van der Waals surface area contributed by atoms with Gasteiger partial charge in [-0.05, 0) is 24.6 Å². The Morgan fingerprint density at radius 3 is 2.65 bits per heavy atom. The highest BCUT2D eigenvalue weighted by molar-refractivity contribution is 6.37. The normalized spacial score (nSPS) is 10.7. The highest BCUT2D eigenvalue weighted by Crippen LogP contribution is 2.34. The number of rotatable bonds is 7. The van der Waals surface area contributed by atoms with Crippen LogP contribution in [-0.2, 0) is 11.9 Å². The number of carbonyl (C=O) groups excluding carboxylic acids is 2. The van der Waals surface area contributed by atoms with Crippen molar-refractivity contribution < 1.29 is 23.9 Å². The number of ketones is 1. The van der Waals surface area contributed by atoms with Crippen molar-refractivity contribution >= 4 is 34.8 Å². The fraction of sp³-hybridized carbons (Fsp3) is 0.294. The third kappa shape index (κ3) is 4.04. The Balaban J connectivity index is 2.50. The predicted molar refractivity (Wildman–Crippen MR) is 95.4 cm³/mol. The van der Waals surface area contributed by atoms with Crippen molar-refractivity contribution in [3.63, 3.8) is 0 Å². The van der Waals surface area contributed by atoms with Gasteiger partial charge in [-0.25, -0.2) is 9.87 Å². The van der Waals surface area contributed by atoms with Crippen molar-refractivity contribution in [1.82, 2.24) is 10.0 Å². The standard InChI is InChI=1S/C17H19ClFN3O4/c1-9-4-5-12(11(19)8-9)20-16-13(17(25)21-26-7-6-23)14(18)15(10(2)24)22(16)3/h4-5,8,20,23H,6-7H2,1-3H3,(H,21,25). The summed E-state index contributed by atoms with van der Waals surface area (Å²) in [6.45, 7) is 2.64. The van der Waals surface area contributed by atoms with Gasteiger partial charge in [0.05, 0.1) is 23.9 Å². The predicted octanol–water partition coefficient (Wildman–Crippen LogP) is 2.73. The Hall–Kier alpha value is -2.42. The summed E-state index contributed by atoms with van der Waals surface area (Å²) >= 11 is 6.23. The first kappa shape index (κ1) is 19.9. The third-order valence-corrected chi connectivity index (χ3v) is 4.00. The molecule has 140 valence electrons. The molecule has 2 rings (SSSR count). The van der Waals surface area contributed by atoms with E-state index in [4.69, 9.17) is 21.5 Å². The van der Waals surface area contributed by atoms with Gasteiger partial charge in [-0.15, -0.1) is 0 Å². The van der Waals surface area contributed by atoms with Gasteiger partial charge in [-0.3, -0.25) is 14.4 Å². The molecule has 0 unspecified atom stereocenters. The molecule has 1 aromatic heterocycles. The monoisotopic (exact) mass is 383 g/mol. The molecule has 0 atom stereocenters. The molecule has 0 radical (unpaired) electrons. The Labute approximate surface area is 154 Å². The average Bonchev–Trinajstić information content (AvgIpc) is 2.80. The molecule has 1 heterocycles. The maximum absolute atomic E-state index is 14.2. The van der Waals surface area contributed by atoms with Crippen molar-refractivity contribution in [3.8, 4) is 0 Å². The Morgan fingerprint density at radius 1 is 1.38 bits per heavy atom. The summed E-state index contributed by atoms with van der Waals surface area (Å²) in [5.74, 6) is -1.48. The van der Waals surface area contributed by atoms with E-state index < -0.39 is 11.7 Å². The first-order chi connectivity index (χ1) is 12.3. The van der Waals surface area contributed by atoms with Crippen LogP contribution in [0.25, 0.3) is 0 Å². The number of hydrogen-bond acceptors (Lipinski definition) is 5. The zero-order chi connectivity index (χ0) is 19.4. The molecule has 0 saturated carbocycles. The number of halogens is 2. The Bertz CT molecular complexity index is 851. The van der Waals surface area contributed by atoms with Crippen LogP contribution in [0.2, 0.25) is 5.02 Å². The number of carbonyl (C=O) groups is 2. The number of hydroxylamine groups is 1. The van der Waals surface area contributed by atoms with E-state index in [1.165, 1.54) is 30.7 Å². The molecule has 0 aliphatic heterocycles. The van der Waals surface area contributed by atoms with Gasteiger partial charge in [0, 0.05) is 14.0 Å². The minimum atomic E-state index is -0.735. The summed E-state index contributed by atoms with van der Waals surface area (Å²) < 4.78 is 15.6. The molecule has 9 heteroatoms. The van der Waals surface area contributed by atoms with Crippen LogP contribution in [0.15, 0.2) is 18.2 Å². The Kier molecular flexibility index (Phi) is 6.36. The van der Waals surface area contributed by atoms with E-state index in [1.807, 2.05) is 0 Å². The van der Waals surface area contributed by atoms with Crippen LogP contribution < -0.4 is 10.8 Å². The summed E-state index contributed by atoms with van der Waals surface area (Å²) in [6.07, 6.45) is 0. The highest BCUT2D eigenvalue weighted by Gasteiger charge is 2.28. The van der Waals surface area contributed by atoms with Gasteiger partial charge < -0.3 is 15.0 Å². The van der Waals surface area contributed by atoms with Crippen molar-refractivity contribution in [2.24, 2.45) is 7.05 Å². The average molecular weight is 384 g/mol. The molecule has 0 saturated heterocycles. The van der Waals surface area contributed by atoms with Gasteiger partial charge in [-0.2, -0.15) is 0 Å². The van der Waals surface area contributed by atoms with Gasteiger partial charge in [0.2, 0.25) is 0 Å². The van der Waals surface area contributed by atoms with Crippen LogP contribution in [0, 0.1) is 12.7 Å². The quantitative estimate of drug-likeness (QED) is 0.388. The molecule has 0 aliphatic carbocycles. The maximum atomic E-state index is 14.2. The van der Waals surface area contributed by atoms with E-state index in [9.17, 15) is 14.0 Å². The lowest BCUT2D eigenvalue weighted by atomic mass is 10.2. The fourth-order valence-corrected chi connectivity index (χ4v) is 2.89. The lowest BCUT2D eigenvalue weighted by Gasteiger charge is -2.12. The molecule has 0 fully saturated rings. The smallest absolute Gasteiger partial charge is 0.280 e. The van der Waals surface area contributed by atoms with Gasteiger partial charge in [0.1, 0.15) is 22.9 Å². The van der Waals surface area contributed by atoms with Crippen LogP contribution in [0.4, 0.5) is 15.9 Å². The van der Waals surface area contributed by atoms with Crippen molar-refractivity contribution in [2.75, 3.05) is 18.5 Å². The molecule has 26 heavy (non-hydrogen) atoms. The number of aliphatic hydroxyl groups is 1. The molecule has 0 bridgehead atoms. The zero-order valence-corrected chi connectivity index (χ0v) is 15.3. The number of anilines is 2. The fourth-order valence-electron chi connectivity index (χ4n) is 2.46. The topological polar surface area (TPSA) is 92.6 Å². The third-order valence-electron chi connectivity index (χ3n) is 3.63. The molecule has 2 aromatic rings. The zero-order valence-electron chi connectivity index (χ0n) is 14.5. The number of nitrogens with zero attached hydrogens (tertiary/aromatic N) is 1. The maximum Gasteiger partial charge on any atom is 0.280 e. The van der Waals surface area contributed by atoms with Gasteiger partial charge in [0.25, 0.3) is 5.91 Å². The summed E-state index contributed by atoms with van der Waals surface area (Å²) in [5, 5.41) is 11.4. The molecule has 1 aromatic carbocycles. The van der Waals surface area contributed by atoms with Crippen LogP contribution in [0.1, 0.15) is 33.3 Å². The van der Waals surface area contributed by atoms with E-state index in [0.29, 0.717) is 0 Å². The van der Waals surface area contributed by atoms with Gasteiger partial charge in [-0.1, -0.05) is 17.7 Å². The lowest BCUT2D eigenvalue weighted by Crippen LogP contribution is -2.26. The number of hydrogen-bond donors (Lipinski definition) is 3. The first-order valence-corrected chi connectivity index (χ1v) is 8.11. The Morgan fingerprint density at radius 2 is 2.08 bits per heavy atom. The molecular formula is C17H19ClFN3O4. The molecule has 7 nitrogen and oxygen atoms in total. The van der Waals surface area contributed by atoms with E-state index in [2.05, 4.69) is 10.8 Å². The van der Waals surface area contributed by atoms with Gasteiger partial charge >= 0.3 is 0 Å². The number of nitrogens with one attached hydrogen (secondary N) is 2. The number of amides is 1.